The van der Waals surface area contributed by atoms with Crippen molar-refractivity contribution in [3.8, 4) is 0 Å². The minimum absolute atomic E-state index is 0.149. The Morgan fingerprint density at radius 3 is 2.67 bits per heavy atom. The Morgan fingerprint density at radius 2 is 2.05 bits per heavy atom. The third-order valence-corrected chi connectivity index (χ3v) is 3.50. The van der Waals surface area contributed by atoms with Crippen LogP contribution in [0.15, 0.2) is 6.07 Å². The van der Waals surface area contributed by atoms with Crippen molar-refractivity contribution in [2.24, 2.45) is 17.5 Å². The van der Waals surface area contributed by atoms with E-state index in [-0.39, 0.29) is 11.8 Å². The van der Waals surface area contributed by atoms with Gasteiger partial charge in [-0.15, -0.1) is 0 Å². The number of amides is 1. The first kappa shape index (κ1) is 15.2. The predicted octanol–water partition coefficient (Wildman–Crippen LogP) is -0.768. The third kappa shape index (κ3) is 3.88. The molecule has 1 aromatic rings. The number of nitrogens with two attached hydrogens (primary N) is 2. The van der Waals surface area contributed by atoms with Gasteiger partial charge in [-0.1, -0.05) is 0 Å². The quantitative estimate of drug-likeness (QED) is 0.187. The van der Waals surface area contributed by atoms with Gasteiger partial charge in [-0.2, -0.15) is 0 Å². The summed E-state index contributed by atoms with van der Waals surface area (Å²) in [5.41, 5.74) is 10.0. The molecular weight excluding hydrogens is 270 g/mol. The molecule has 2 rings (SSSR count). The number of hydrazine groups is 1. The number of carbonyl (C=O) groups is 1. The number of carbonyl (C=O) groups excluding carboxylic acids is 1. The average molecular weight is 292 g/mol. The summed E-state index contributed by atoms with van der Waals surface area (Å²) in [4.78, 5) is 20.2. The average Bonchev–Trinajstić information content (AvgIpc) is 2.45. The van der Waals surface area contributed by atoms with E-state index >= 15 is 0 Å². The minimum atomic E-state index is -0.157. The van der Waals surface area contributed by atoms with Crippen LogP contribution in [0.5, 0.6) is 0 Å². The molecule has 8 nitrogen and oxygen atoms in total. The third-order valence-electron chi connectivity index (χ3n) is 3.50. The predicted molar refractivity (Wildman–Crippen MR) is 79.4 cm³/mol. The van der Waals surface area contributed by atoms with Crippen LogP contribution in [0, 0.1) is 19.8 Å². The van der Waals surface area contributed by atoms with E-state index in [4.69, 9.17) is 11.6 Å². The van der Waals surface area contributed by atoms with E-state index in [1.807, 2.05) is 24.5 Å². The number of guanidine groups is 1. The molecule has 0 spiro atoms. The molecule has 1 fully saturated rings. The monoisotopic (exact) mass is 292 g/mol. The van der Waals surface area contributed by atoms with Crippen molar-refractivity contribution in [2.45, 2.75) is 26.7 Å². The topological polar surface area (TPSA) is 122 Å². The van der Waals surface area contributed by atoms with Gasteiger partial charge in [-0.3, -0.25) is 20.5 Å². The second-order valence-corrected chi connectivity index (χ2v) is 5.28. The molecule has 1 amide bonds. The standard InChI is InChI=1S/C13H21N7O/c1-8-6-9(2)17-13(16-8)18-12(14)20-5-3-4-10(7-20)11(21)19-15/h6,10H,3-5,7,15H2,1-2H3,(H3,14,16,17,18,19,21)/p+1/t10-/m0/s1. The molecule has 1 saturated heterocycles. The summed E-state index contributed by atoms with van der Waals surface area (Å²) in [6, 6.07) is 1.89. The first-order chi connectivity index (χ1) is 9.99. The van der Waals surface area contributed by atoms with Gasteiger partial charge in [0.2, 0.25) is 5.91 Å². The first-order valence-corrected chi connectivity index (χ1v) is 6.96. The number of aryl methyl sites for hydroxylation is 2. The van der Waals surface area contributed by atoms with E-state index < -0.39 is 0 Å². The minimum Gasteiger partial charge on any atom is -0.294 e. The van der Waals surface area contributed by atoms with Crippen LogP contribution in [0.1, 0.15) is 24.2 Å². The maximum atomic E-state index is 11.6. The summed E-state index contributed by atoms with van der Waals surface area (Å²) in [6.45, 7) is 5.13. The van der Waals surface area contributed by atoms with Crippen LogP contribution in [-0.2, 0) is 4.79 Å². The lowest BCUT2D eigenvalue weighted by Gasteiger charge is -2.23. The van der Waals surface area contributed by atoms with Gasteiger partial charge in [0.25, 0.3) is 5.95 Å². The summed E-state index contributed by atoms with van der Waals surface area (Å²) in [7, 11) is 0. The van der Waals surface area contributed by atoms with E-state index in [1.165, 1.54) is 0 Å². The summed E-state index contributed by atoms with van der Waals surface area (Å²) in [5.74, 6) is 5.80. The second kappa shape index (κ2) is 6.49. The summed E-state index contributed by atoms with van der Waals surface area (Å²) in [6.07, 6.45) is 1.70. The fourth-order valence-electron chi connectivity index (χ4n) is 2.50. The number of hydrogen-bond acceptors (Lipinski definition) is 4. The largest absolute Gasteiger partial charge is 0.350 e. The Balaban J connectivity index is 2.13. The van der Waals surface area contributed by atoms with Gasteiger partial charge in [0.15, 0.2) is 0 Å². The van der Waals surface area contributed by atoms with Crippen molar-refractivity contribution in [2.75, 3.05) is 18.4 Å². The van der Waals surface area contributed by atoms with Gasteiger partial charge in [-0.05, 0) is 32.8 Å². The zero-order valence-corrected chi connectivity index (χ0v) is 12.4. The molecule has 0 radical (unpaired) electrons. The number of nitrogens with zero attached hydrogens (tertiary/aromatic N) is 3. The van der Waals surface area contributed by atoms with Gasteiger partial charge in [0.1, 0.15) is 0 Å². The van der Waals surface area contributed by atoms with Gasteiger partial charge in [-0.25, -0.2) is 21.1 Å². The molecule has 1 aliphatic heterocycles. The highest BCUT2D eigenvalue weighted by atomic mass is 16.2. The van der Waals surface area contributed by atoms with Crippen molar-refractivity contribution < 1.29 is 9.37 Å². The van der Waals surface area contributed by atoms with E-state index in [1.54, 1.807) is 0 Å². The lowest BCUT2D eigenvalue weighted by atomic mass is 9.98. The van der Waals surface area contributed by atoms with Crippen molar-refractivity contribution in [3.05, 3.63) is 17.5 Å². The maximum Gasteiger partial charge on any atom is 0.350 e. The molecule has 1 aromatic heterocycles. The van der Waals surface area contributed by atoms with Crippen molar-refractivity contribution in [1.82, 2.24) is 15.4 Å². The molecule has 6 N–H and O–H groups in total. The number of hydrogen-bond donors (Lipinski definition) is 4. The van der Waals surface area contributed by atoms with Crippen LogP contribution in [0.3, 0.4) is 0 Å². The van der Waals surface area contributed by atoms with Crippen LogP contribution in [0.25, 0.3) is 0 Å². The molecule has 0 unspecified atom stereocenters. The summed E-state index contributed by atoms with van der Waals surface area (Å²) < 4.78 is 1.92. The SMILES string of the molecule is Cc1cc(C)nc(NC(N)=[N+]2CCC[C@H](C(=O)NN)C2)n1. The number of piperidine rings is 1. The number of rotatable bonds is 2. The summed E-state index contributed by atoms with van der Waals surface area (Å²) >= 11 is 0. The lowest BCUT2D eigenvalue weighted by Crippen LogP contribution is -2.46. The highest BCUT2D eigenvalue weighted by Gasteiger charge is 2.26. The van der Waals surface area contributed by atoms with Crippen molar-refractivity contribution in [3.63, 3.8) is 0 Å². The zero-order valence-electron chi connectivity index (χ0n) is 12.4. The molecular formula is C13H22N7O+. The van der Waals surface area contributed by atoms with E-state index in [0.29, 0.717) is 18.5 Å². The molecule has 1 atom stereocenters. The van der Waals surface area contributed by atoms with Gasteiger partial charge in [0.05, 0.1) is 19.0 Å². The van der Waals surface area contributed by atoms with E-state index in [2.05, 4.69) is 20.7 Å². The van der Waals surface area contributed by atoms with Crippen molar-refractivity contribution in [1.29, 1.82) is 0 Å². The van der Waals surface area contributed by atoms with Gasteiger partial charge >= 0.3 is 5.96 Å². The Morgan fingerprint density at radius 1 is 1.38 bits per heavy atom. The van der Waals surface area contributed by atoms with Crippen LogP contribution in [0.4, 0.5) is 5.95 Å². The fourth-order valence-corrected chi connectivity index (χ4v) is 2.50. The lowest BCUT2D eigenvalue weighted by molar-refractivity contribution is -0.543. The number of aromatic nitrogens is 2. The Bertz CT molecular complexity index is 549. The van der Waals surface area contributed by atoms with Crippen LogP contribution in [-0.4, -0.2) is 39.5 Å². The number of nitrogens with one attached hydrogen (secondary N) is 2. The maximum absolute atomic E-state index is 11.6. The molecule has 0 saturated carbocycles. The van der Waals surface area contributed by atoms with E-state index in [9.17, 15) is 4.79 Å². The molecule has 0 aromatic carbocycles. The van der Waals surface area contributed by atoms with Gasteiger partial charge < -0.3 is 0 Å². The second-order valence-electron chi connectivity index (χ2n) is 5.28. The number of anilines is 1. The first-order valence-electron chi connectivity index (χ1n) is 6.96. The highest BCUT2D eigenvalue weighted by Crippen LogP contribution is 2.13. The zero-order chi connectivity index (χ0) is 15.4. The van der Waals surface area contributed by atoms with Gasteiger partial charge in [0, 0.05) is 11.4 Å². The molecule has 114 valence electrons. The molecule has 21 heavy (non-hydrogen) atoms. The Hall–Kier alpha value is -2.22. The van der Waals surface area contributed by atoms with Crippen LogP contribution in [0.2, 0.25) is 0 Å². The normalized spacial score (nSPS) is 20.8. The summed E-state index contributed by atoms with van der Waals surface area (Å²) in [5, 5.41) is 3.01. The fraction of sp³-hybridized carbons (Fsp3) is 0.538. The molecule has 2 heterocycles. The van der Waals surface area contributed by atoms with Crippen LogP contribution < -0.4 is 22.3 Å². The smallest absolute Gasteiger partial charge is 0.294 e. The van der Waals surface area contributed by atoms with Crippen LogP contribution >= 0.6 is 0 Å². The Labute approximate surface area is 123 Å². The molecule has 1 aliphatic rings. The molecule has 0 bridgehead atoms. The van der Waals surface area contributed by atoms with E-state index in [0.717, 1.165) is 30.8 Å². The van der Waals surface area contributed by atoms with Crippen molar-refractivity contribution >= 4 is 17.8 Å². The Kier molecular flexibility index (Phi) is 4.69. The highest BCUT2D eigenvalue weighted by molar-refractivity contribution is 5.86. The molecule has 8 heteroatoms. The molecule has 0 aliphatic carbocycles.